The molecule has 116 valence electrons. The molecule has 0 fully saturated rings. The van der Waals surface area contributed by atoms with Crippen molar-refractivity contribution in [1.82, 2.24) is 0 Å². The van der Waals surface area contributed by atoms with Crippen molar-refractivity contribution in [3.8, 4) is 11.5 Å². The lowest BCUT2D eigenvalue weighted by Gasteiger charge is -2.18. The fourth-order valence-electron chi connectivity index (χ4n) is 2.05. The van der Waals surface area contributed by atoms with Gasteiger partial charge in [0.05, 0.1) is 26.4 Å². The van der Waals surface area contributed by atoms with E-state index in [0.29, 0.717) is 11.5 Å². The molecule has 1 aromatic rings. The molecule has 1 unspecified atom stereocenters. The highest BCUT2D eigenvalue weighted by Crippen LogP contribution is 2.37. The first-order chi connectivity index (χ1) is 9.87. The number of rotatable bonds is 6. The van der Waals surface area contributed by atoms with E-state index >= 15 is 0 Å². The standard InChI is InChI=1S/C15H19ClO5/c1-8(2)12(15(18)21-5)13(17)9-6-10(16)14(20-4)11(7-9)19-3/h6-8,12H,1-5H3. The van der Waals surface area contributed by atoms with Crippen molar-refractivity contribution < 1.29 is 23.8 Å². The van der Waals surface area contributed by atoms with Gasteiger partial charge in [0.25, 0.3) is 0 Å². The molecule has 21 heavy (non-hydrogen) atoms. The maximum atomic E-state index is 12.6. The normalized spacial score (nSPS) is 12.0. The third kappa shape index (κ3) is 3.67. The smallest absolute Gasteiger partial charge is 0.316 e. The number of hydrogen-bond donors (Lipinski definition) is 0. The van der Waals surface area contributed by atoms with Gasteiger partial charge in [0.1, 0.15) is 5.92 Å². The average Bonchev–Trinajstić information content (AvgIpc) is 2.45. The van der Waals surface area contributed by atoms with Crippen molar-refractivity contribution in [3.05, 3.63) is 22.7 Å². The lowest BCUT2D eigenvalue weighted by atomic mass is 9.88. The molecule has 0 aromatic heterocycles. The minimum Gasteiger partial charge on any atom is -0.493 e. The molecule has 1 aromatic carbocycles. The Labute approximate surface area is 129 Å². The first-order valence-corrected chi connectivity index (χ1v) is 6.78. The molecular formula is C15H19ClO5. The molecule has 6 heteroatoms. The van der Waals surface area contributed by atoms with Crippen molar-refractivity contribution in [3.63, 3.8) is 0 Å². The Morgan fingerprint density at radius 2 is 1.71 bits per heavy atom. The van der Waals surface area contributed by atoms with Crippen LogP contribution < -0.4 is 9.47 Å². The first kappa shape index (κ1) is 17.3. The van der Waals surface area contributed by atoms with Gasteiger partial charge in [0.15, 0.2) is 17.3 Å². The number of carbonyl (C=O) groups excluding carboxylic acids is 2. The summed E-state index contributed by atoms with van der Waals surface area (Å²) in [7, 11) is 4.16. The molecule has 0 radical (unpaired) electrons. The van der Waals surface area contributed by atoms with Crippen LogP contribution >= 0.6 is 11.6 Å². The number of ether oxygens (including phenoxy) is 3. The van der Waals surface area contributed by atoms with Crippen LogP contribution in [0, 0.1) is 11.8 Å². The number of carbonyl (C=O) groups is 2. The van der Waals surface area contributed by atoms with E-state index in [0.717, 1.165) is 0 Å². The molecule has 0 N–H and O–H groups in total. The Balaban J connectivity index is 3.29. The van der Waals surface area contributed by atoms with Crippen LogP contribution in [0.15, 0.2) is 12.1 Å². The minimum absolute atomic E-state index is 0.197. The number of hydrogen-bond acceptors (Lipinski definition) is 5. The number of methoxy groups -OCH3 is 3. The predicted molar refractivity (Wildman–Crippen MR) is 79.2 cm³/mol. The van der Waals surface area contributed by atoms with Crippen molar-refractivity contribution in [2.75, 3.05) is 21.3 Å². The van der Waals surface area contributed by atoms with Gasteiger partial charge in [-0.3, -0.25) is 9.59 Å². The third-order valence-electron chi connectivity index (χ3n) is 3.12. The summed E-state index contributed by atoms with van der Waals surface area (Å²) in [6, 6.07) is 2.97. The van der Waals surface area contributed by atoms with Gasteiger partial charge in [-0.05, 0) is 18.1 Å². The maximum absolute atomic E-state index is 12.6. The van der Waals surface area contributed by atoms with Gasteiger partial charge >= 0.3 is 5.97 Å². The highest BCUT2D eigenvalue weighted by atomic mass is 35.5. The zero-order valence-corrected chi connectivity index (χ0v) is 13.5. The van der Waals surface area contributed by atoms with Gasteiger partial charge in [-0.2, -0.15) is 0 Å². The lowest BCUT2D eigenvalue weighted by Crippen LogP contribution is -2.30. The van der Waals surface area contributed by atoms with Crippen molar-refractivity contribution in [2.45, 2.75) is 13.8 Å². The zero-order valence-electron chi connectivity index (χ0n) is 12.7. The van der Waals surface area contributed by atoms with E-state index in [9.17, 15) is 9.59 Å². The van der Waals surface area contributed by atoms with Crippen LogP contribution in [-0.4, -0.2) is 33.1 Å². The molecule has 1 rings (SSSR count). The van der Waals surface area contributed by atoms with Gasteiger partial charge in [-0.25, -0.2) is 0 Å². The molecular weight excluding hydrogens is 296 g/mol. The molecule has 0 aliphatic heterocycles. The van der Waals surface area contributed by atoms with Crippen LogP contribution in [-0.2, 0) is 9.53 Å². The topological polar surface area (TPSA) is 61.8 Å². The molecule has 5 nitrogen and oxygen atoms in total. The summed E-state index contributed by atoms with van der Waals surface area (Å²) in [5.41, 5.74) is 0.279. The largest absolute Gasteiger partial charge is 0.493 e. The zero-order chi connectivity index (χ0) is 16.2. The average molecular weight is 315 g/mol. The van der Waals surface area contributed by atoms with Crippen LogP contribution in [0.2, 0.25) is 5.02 Å². The van der Waals surface area contributed by atoms with Crippen molar-refractivity contribution in [1.29, 1.82) is 0 Å². The molecule has 1 atom stereocenters. The van der Waals surface area contributed by atoms with E-state index in [2.05, 4.69) is 0 Å². The van der Waals surface area contributed by atoms with E-state index < -0.39 is 11.9 Å². The van der Waals surface area contributed by atoms with E-state index in [1.54, 1.807) is 13.8 Å². The van der Waals surface area contributed by atoms with Crippen LogP contribution in [0.1, 0.15) is 24.2 Å². The molecule has 0 bridgehead atoms. The Morgan fingerprint density at radius 3 is 2.14 bits per heavy atom. The summed E-state index contributed by atoms with van der Waals surface area (Å²) in [5.74, 6) is -1.34. The monoisotopic (exact) mass is 314 g/mol. The highest BCUT2D eigenvalue weighted by molar-refractivity contribution is 6.32. The molecule has 0 aliphatic carbocycles. The minimum atomic E-state index is -0.885. The molecule has 0 aliphatic rings. The summed E-state index contributed by atoms with van der Waals surface area (Å²) in [5, 5.41) is 0.243. The SMILES string of the molecule is COC(=O)C(C(=O)c1cc(Cl)c(OC)c(OC)c1)C(C)C. The number of esters is 1. The van der Waals surface area contributed by atoms with Gasteiger partial charge < -0.3 is 14.2 Å². The summed E-state index contributed by atoms with van der Waals surface area (Å²) < 4.78 is 15.0. The molecule has 0 spiro atoms. The van der Waals surface area contributed by atoms with Crippen LogP contribution in [0.25, 0.3) is 0 Å². The highest BCUT2D eigenvalue weighted by Gasteiger charge is 2.32. The Hall–Kier alpha value is -1.75. The first-order valence-electron chi connectivity index (χ1n) is 6.40. The van der Waals surface area contributed by atoms with Crippen molar-refractivity contribution in [2.24, 2.45) is 11.8 Å². The van der Waals surface area contributed by atoms with Crippen LogP contribution in [0.4, 0.5) is 0 Å². The number of halogens is 1. The lowest BCUT2D eigenvalue weighted by molar-refractivity contribution is -0.144. The Kier molecular flexibility index (Phi) is 6.03. The Morgan fingerprint density at radius 1 is 1.10 bits per heavy atom. The van der Waals surface area contributed by atoms with Gasteiger partial charge in [0, 0.05) is 5.56 Å². The number of Topliss-reactive ketones (excluding diaryl/α,β-unsaturated/α-hetero) is 1. The second-order valence-corrected chi connectivity index (χ2v) is 5.21. The number of benzene rings is 1. The predicted octanol–water partition coefficient (Wildman–Crippen LogP) is 2.99. The molecule has 0 saturated heterocycles. The van der Waals surface area contributed by atoms with Crippen LogP contribution in [0.5, 0.6) is 11.5 Å². The summed E-state index contributed by atoms with van der Waals surface area (Å²) in [6.45, 7) is 3.56. The molecule has 0 saturated carbocycles. The van der Waals surface area contributed by atoms with E-state index in [4.69, 9.17) is 25.8 Å². The number of ketones is 1. The second-order valence-electron chi connectivity index (χ2n) is 4.80. The van der Waals surface area contributed by atoms with Gasteiger partial charge in [-0.1, -0.05) is 25.4 Å². The van der Waals surface area contributed by atoms with Gasteiger partial charge in [0.2, 0.25) is 0 Å². The fourth-order valence-corrected chi connectivity index (χ4v) is 2.34. The second kappa shape index (κ2) is 7.31. The maximum Gasteiger partial charge on any atom is 0.316 e. The molecule has 0 heterocycles. The summed E-state index contributed by atoms with van der Waals surface area (Å²) in [6.07, 6.45) is 0. The van der Waals surface area contributed by atoms with E-state index in [1.807, 2.05) is 0 Å². The van der Waals surface area contributed by atoms with Crippen molar-refractivity contribution >= 4 is 23.4 Å². The summed E-state index contributed by atoms with van der Waals surface area (Å²) >= 11 is 6.08. The quantitative estimate of drug-likeness (QED) is 0.459. The van der Waals surface area contributed by atoms with Gasteiger partial charge in [-0.15, -0.1) is 0 Å². The molecule has 0 amide bonds. The Bertz CT molecular complexity index is 539. The third-order valence-corrected chi connectivity index (χ3v) is 3.40. The van der Waals surface area contributed by atoms with Crippen LogP contribution in [0.3, 0.4) is 0 Å². The fraction of sp³-hybridized carbons (Fsp3) is 0.467. The van der Waals surface area contributed by atoms with E-state index in [1.165, 1.54) is 33.5 Å². The summed E-state index contributed by atoms with van der Waals surface area (Å²) in [4.78, 5) is 24.3. The van der Waals surface area contributed by atoms with E-state index in [-0.39, 0.29) is 22.3 Å².